The van der Waals surface area contributed by atoms with Crippen molar-refractivity contribution in [3.63, 3.8) is 0 Å². The quantitative estimate of drug-likeness (QED) is 0.646. The van der Waals surface area contributed by atoms with Crippen molar-refractivity contribution in [1.82, 2.24) is 0 Å². The molecule has 1 heterocycles. The van der Waals surface area contributed by atoms with E-state index in [9.17, 15) is 5.11 Å². The van der Waals surface area contributed by atoms with E-state index in [-0.39, 0.29) is 5.75 Å². The molecule has 116 valence electrons. The monoisotopic (exact) mass is 322 g/mol. The topological polar surface area (TPSA) is 33.4 Å². The van der Waals surface area contributed by atoms with Gasteiger partial charge in [0.15, 0.2) is 5.75 Å². The van der Waals surface area contributed by atoms with Crippen LogP contribution < -0.4 is 0 Å². The fourth-order valence-electron chi connectivity index (χ4n) is 2.58. The van der Waals surface area contributed by atoms with Gasteiger partial charge in [-0.1, -0.05) is 66.8 Å². The van der Waals surface area contributed by atoms with Gasteiger partial charge < -0.3 is 9.52 Å². The van der Waals surface area contributed by atoms with Crippen molar-refractivity contribution in [1.29, 1.82) is 0 Å². The Kier molecular flexibility index (Phi) is 4.58. The second-order valence-electron chi connectivity index (χ2n) is 5.56. The van der Waals surface area contributed by atoms with Gasteiger partial charge in [0, 0.05) is 6.42 Å². The van der Waals surface area contributed by atoms with E-state index < -0.39 is 0 Å². The molecular weight excluding hydrogens is 304 g/mol. The first-order valence-corrected chi connectivity index (χ1v) is 8.01. The second kappa shape index (κ2) is 6.80. The SMILES string of the molecule is Cc1cc(=S)c(O)c(CCc2ccc(-c3ccccc3)cc2)o1. The second-order valence-corrected chi connectivity index (χ2v) is 6.00. The summed E-state index contributed by atoms with van der Waals surface area (Å²) in [6, 6.07) is 20.4. The molecule has 3 rings (SSSR count). The third-order valence-electron chi connectivity index (χ3n) is 3.82. The molecule has 1 aromatic heterocycles. The minimum atomic E-state index is 0.0894. The zero-order valence-corrected chi connectivity index (χ0v) is 13.8. The third-order valence-corrected chi connectivity index (χ3v) is 4.13. The van der Waals surface area contributed by atoms with E-state index >= 15 is 0 Å². The number of hydrogen-bond acceptors (Lipinski definition) is 3. The van der Waals surface area contributed by atoms with Crippen molar-refractivity contribution < 1.29 is 9.52 Å². The Morgan fingerprint density at radius 2 is 1.57 bits per heavy atom. The highest BCUT2D eigenvalue weighted by Crippen LogP contribution is 2.24. The highest BCUT2D eigenvalue weighted by Gasteiger charge is 2.08. The fraction of sp³-hybridized carbons (Fsp3) is 0.150. The van der Waals surface area contributed by atoms with Gasteiger partial charge in [-0.25, -0.2) is 0 Å². The van der Waals surface area contributed by atoms with Crippen molar-refractivity contribution in [2.75, 3.05) is 0 Å². The molecule has 1 N–H and O–H groups in total. The summed E-state index contributed by atoms with van der Waals surface area (Å²) < 4.78 is 6.03. The van der Waals surface area contributed by atoms with Gasteiger partial charge in [0.25, 0.3) is 0 Å². The van der Waals surface area contributed by atoms with Crippen LogP contribution in [0.15, 0.2) is 65.1 Å². The lowest BCUT2D eigenvalue weighted by Crippen LogP contribution is -1.93. The average Bonchev–Trinajstić information content (AvgIpc) is 2.58. The van der Waals surface area contributed by atoms with Crippen LogP contribution in [0.5, 0.6) is 5.75 Å². The summed E-state index contributed by atoms with van der Waals surface area (Å²) in [5.41, 5.74) is 3.61. The number of hydrogen-bond donors (Lipinski definition) is 1. The molecule has 0 bridgehead atoms. The molecule has 3 aromatic rings. The van der Waals surface area contributed by atoms with Gasteiger partial charge in [-0.3, -0.25) is 0 Å². The van der Waals surface area contributed by atoms with Crippen molar-refractivity contribution >= 4 is 12.2 Å². The Morgan fingerprint density at radius 1 is 0.913 bits per heavy atom. The Morgan fingerprint density at radius 3 is 2.26 bits per heavy atom. The van der Waals surface area contributed by atoms with Crippen LogP contribution in [0, 0.1) is 11.4 Å². The first-order chi connectivity index (χ1) is 11.1. The Labute approximate surface area is 141 Å². The van der Waals surface area contributed by atoms with Crippen molar-refractivity contribution in [3.05, 3.63) is 82.3 Å². The molecule has 0 saturated carbocycles. The maximum atomic E-state index is 9.99. The number of rotatable bonds is 4. The molecule has 3 heteroatoms. The molecule has 2 aromatic carbocycles. The van der Waals surface area contributed by atoms with Gasteiger partial charge in [-0.2, -0.15) is 0 Å². The third kappa shape index (κ3) is 3.69. The minimum Gasteiger partial charge on any atom is -0.503 e. The lowest BCUT2D eigenvalue weighted by molar-refractivity contribution is 0.390. The van der Waals surface area contributed by atoms with E-state index in [1.165, 1.54) is 16.7 Å². The predicted molar refractivity (Wildman–Crippen MR) is 95.2 cm³/mol. The first-order valence-electron chi connectivity index (χ1n) is 7.60. The molecule has 0 aliphatic carbocycles. The Hall–Kier alpha value is -2.39. The van der Waals surface area contributed by atoms with E-state index in [0.29, 0.717) is 16.7 Å². The average molecular weight is 322 g/mol. The van der Waals surface area contributed by atoms with E-state index in [2.05, 4.69) is 36.4 Å². The van der Waals surface area contributed by atoms with E-state index in [0.717, 1.165) is 12.2 Å². The molecule has 0 spiro atoms. The molecule has 0 aliphatic heterocycles. The van der Waals surface area contributed by atoms with Crippen molar-refractivity contribution in [2.45, 2.75) is 19.8 Å². The fourth-order valence-corrected chi connectivity index (χ4v) is 2.86. The molecule has 0 aliphatic rings. The van der Waals surface area contributed by atoms with Gasteiger partial charge in [-0.15, -0.1) is 0 Å². The maximum Gasteiger partial charge on any atom is 0.172 e. The maximum absolute atomic E-state index is 9.99. The minimum absolute atomic E-state index is 0.0894. The molecule has 0 saturated heterocycles. The molecule has 0 radical (unpaired) electrons. The lowest BCUT2D eigenvalue weighted by atomic mass is 10.0. The van der Waals surface area contributed by atoms with Crippen molar-refractivity contribution in [2.24, 2.45) is 0 Å². The molecule has 0 amide bonds. The normalized spacial score (nSPS) is 10.7. The Balaban J connectivity index is 1.74. The molecule has 23 heavy (non-hydrogen) atoms. The van der Waals surface area contributed by atoms with Crippen LogP contribution in [0.1, 0.15) is 17.1 Å². The first kappa shape index (κ1) is 15.5. The summed E-state index contributed by atoms with van der Waals surface area (Å²) in [5.74, 6) is 1.37. The molecule has 0 unspecified atom stereocenters. The summed E-state index contributed by atoms with van der Waals surface area (Å²) in [6.45, 7) is 1.84. The van der Waals surface area contributed by atoms with Crippen molar-refractivity contribution in [3.8, 4) is 16.9 Å². The summed E-state index contributed by atoms with van der Waals surface area (Å²) in [5, 5.41) is 9.99. The summed E-state index contributed by atoms with van der Waals surface area (Å²) >= 11 is 5.12. The zero-order valence-electron chi connectivity index (χ0n) is 13.0. The van der Waals surface area contributed by atoms with Gasteiger partial charge >= 0.3 is 0 Å². The van der Waals surface area contributed by atoms with Crippen LogP contribution in [0.25, 0.3) is 11.1 Å². The Bertz CT molecular complexity index is 849. The number of aromatic hydroxyl groups is 1. The highest BCUT2D eigenvalue weighted by atomic mass is 32.1. The summed E-state index contributed by atoms with van der Waals surface area (Å²) in [6.07, 6.45) is 1.42. The highest BCUT2D eigenvalue weighted by molar-refractivity contribution is 7.71. The summed E-state index contributed by atoms with van der Waals surface area (Å²) in [4.78, 5) is 0. The molecule has 0 fully saturated rings. The van der Waals surface area contributed by atoms with E-state index in [1.54, 1.807) is 6.07 Å². The van der Waals surface area contributed by atoms with E-state index in [4.69, 9.17) is 16.6 Å². The molecule has 2 nitrogen and oxygen atoms in total. The van der Waals surface area contributed by atoms with Gasteiger partial charge in [0.05, 0.1) is 4.51 Å². The van der Waals surface area contributed by atoms with Crippen LogP contribution in [-0.4, -0.2) is 5.11 Å². The number of aryl methyl sites for hydroxylation is 3. The van der Waals surface area contributed by atoms with Gasteiger partial charge in [-0.05, 0) is 36.1 Å². The standard InChI is InChI=1S/C20H18O2S/c1-14-13-19(23)20(21)18(22-14)12-9-15-7-10-17(11-8-15)16-5-3-2-4-6-16/h2-8,10-11,13,21H,9,12H2,1H3. The van der Waals surface area contributed by atoms with Crippen LogP contribution in [0.3, 0.4) is 0 Å². The van der Waals surface area contributed by atoms with E-state index in [1.807, 2.05) is 25.1 Å². The zero-order chi connectivity index (χ0) is 16.2. The number of benzene rings is 2. The van der Waals surface area contributed by atoms with Gasteiger partial charge in [0.1, 0.15) is 11.5 Å². The smallest absolute Gasteiger partial charge is 0.172 e. The molecular formula is C20H18O2S. The largest absolute Gasteiger partial charge is 0.503 e. The van der Waals surface area contributed by atoms with Crippen LogP contribution >= 0.6 is 12.2 Å². The molecule has 0 atom stereocenters. The van der Waals surface area contributed by atoms with Crippen LogP contribution in [0.2, 0.25) is 0 Å². The van der Waals surface area contributed by atoms with Crippen LogP contribution in [0.4, 0.5) is 0 Å². The predicted octanol–water partition coefficient (Wildman–Crippen LogP) is 5.48. The summed E-state index contributed by atoms with van der Waals surface area (Å²) in [7, 11) is 0. The lowest BCUT2D eigenvalue weighted by Gasteiger charge is -2.07. The van der Waals surface area contributed by atoms with Crippen LogP contribution in [-0.2, 0) is 12.8 Å². The van der Waals surface area contributed by atoms with Gasteiger partial charge in [0.2, 0.25) is 0 Å².